The molecule has 0 spiro atoms. The number of allylic oxidation sites excluding steroid dienone is 3. The highest BCUT2D eigenvalue weighted by molar-refractivity contribution is 6.34. The zero-order chi connectivity index (χ0) is 20.2. The summed E-state index contributed by atoms with van der Waals surface area (Å²) in [6.45, 7) is 0. The van der Waals surface area contributed by atoms with E-state index in [-0.39, 0.29) is 11.6 Å². The van der Waals surface area contributed by atoms with E-state index in [9.17, 15) is 4.79 Å². The minimum atomic E-state index is -0.701. The summed E-state index contributed by atoms with van der Waals surface area (Å²) in [4.78, 5) is 22.0. The Kier molecular flexibility index (Phi) is 3.59. The quantitative estimate of drug-likeness (QED) is 0.635. The summed E-state index contributed by atoms with van der Waals surface area (Å²) in [7, 11) is 0. The van der Waals surface area contributed by atoms with Crippen molar-refractivity contribution in [1.82, 2.24) is 20.5 Å². The van der Waals surface area contributed by atoms with Crippen LogP contribution in [0, 0.1) is 17.2 Å². The van der Waals surface area contributed by atoms with E-state index in [0.717, 1.165) is 46.0 Å². The van der Waals surface area contributed by atoms with Crippen LogP contribution in [0.25, 0.3) is 16.5 Å². The molecule has 0 radical (unpaired) electrons. The second-order valence-electron chi connectivity index (χ2n) is 7.84. The van der Waals surface area contributed by atoms with Gasteiger partial charge in [0.2, 0.25) is 5.91 Å². The van der Waals surface area contributed by atoms with E-state index in [1.54, 1.807) is 18.6 Å². The molecule has 7 heteroatoms. The Hall–Kier alpha value is -3.87. The van der Waals surface area contributed by atoms with Gasteiger partial charge in [-0.25, -0.2) is 4.99 Å². The molecule has 0 bridgehead atoms. The van der Waals surface area contributed by atoms with Crippen molar-refractivity contribution in [2.75, 3.05) is 0 Å². The molecule has 1 atom stereocenters. The van der Waals surface area contributed by atoms with Crippen molar-refractivity contribution < 1.29 is 4.79 Å². The van der Waals surface area contributed by atoms with Crippen LogP contribution in [-0.4, -0.2) is 32.6 Å². The summed E-state index contributed by atoms with van der Waals surface area (Å²) in [5.74, 6) is 0.00385. The lowest BCUT2D eigenvalue weighted by atomic mass is 9.79. The summed E-state index contributed by atoms with van der Waals surface area (Å²) in [5, 5.41) is 19.9. The van der Waals surface area contributed by atoms with Gasteiger partial charge in [0.05, 0.1) is 23.1 Å². The van der Waals surface area contributed by atoms with E-state index in [1.807, 2.05) is 30.3 Å². The van der Waals surface area contributed by atoms with Crippen LogP contribution in [0.3, 0.4) is 0 Å². The fourth-order valence-corrected chi connectivity index (χ4v) is 4.28. The third-order valence-electron chi connectivity index (χ3n) is 5.93. The topological polar surface area (TPSA) is 107 Å². The molecule has 1 unspecified atom stereocenters. The minimum Gasteiger partial charge on any atom is -0.309 e. The number of aromatic nitrogens is 3. The van der Waals surface area contributed by atoms with Crippen molar-refractivity contribution in [2.24, 2.45) is 16.8 Å². The molecular formula is C23H18N6O. The molecular weight excluding hydrogens is 376 g/mol. The zero-order valence-electron chi connectivity index (χ0n) is 16.0. The number of fused-ring (bicyclic) bond motifs is 2. The fourth-order valence-electron chi connectivity index (χ4n) is 4.28. The minimum absolute atomic E-state index is 0.208. The highest BCUT2D eigenvalue weighted by Gasteiger charge is 2.42. The van der Waals surface area contributed by atoms with Gasteiger partial charge in [0.1, 0.15) is 11.8 Å². The fraction of sp³-hybridized carbons (Fsp3) is 0.174. The van der Waals surface area contributed by atoms with Crippen LogP contribution in [0.4, 0.5) is 0 Å². The Balaban J connectivity index is 1.56. The predicted molar refractivity (Wildman–Crippen MR) is 114 cm³/mol. The molecule has 3 heterocycles. The van der Waals surface area contributed by atoms with E-state index in [0.29, 0.717) is 17.5 Å². The Bertz CT molecular complexity index is 1310. The molecule has 0 saturated heterocycles. The molecule has 1 aliphatic heterocycles. The normalized spacial score (nSPS) is 21.3. The summed E-state index contributed by atoms with van der Waals surface area (Å²) in [6, 6.07) is 9.54. The first-order valence-corrected chi connectivity index (χ1v) is 9.97. The number of hydrogen-bond acceptors (Lipinski definition) is 5. The number of amidine groups is 1. The molecule has 1 amide bonds. The van der Waals surface area contributed by atoms with Crippen molar-refractivity contribution in [3.8, 4) is 0 Å². The molecule has 3 aliphatic rings. The Morgan fingerprint density at radius 3 is 2.73 bits per heavy atom. The van der Waals surface area contributed by atoms with Gasteiger partial charge in [-0.05, 0) is 54.2 Å². The van der Waals surface area contributed by atoms with Crippen molar-refractivity contribution in [3.05, 3.63) is 77.4 Å². The molecule has 2 aliphatic carbocycles. The average molecular weight is 394 g/mol. The molecule has 2 aromatic heterocycles. The Morgan fingerprint density at radius 1 is 1.10 bits per heavy atom. The number of aliphatic imine (C=N–C) groups is 1. The third-order valence-corrected chi connectivity index (χ3v) is 5.93. The van der Waals surface area contributed by atoms with Gasteiger partial charge in [0.25, 0.3) is 0 Å². The van der Waals surface area contributed by atoms with Crippen molar-refractivity contribution >= 4 is 33.9 Å². The van der Waals surface area contributed by atoms with Crippen LogP contribution in [0.2, 0.25) is 0 Å². The van der Waals surface area contributed by atoms with Gasteiger partial charge >= 0.3 is 0 Å². The second kappa shape index (κ2) is 6.32. The predicted octanol–water partition coefficient (Wildman–Crippen LogP) is 3.23. The van der Waals surface area contributed by atoms with Gasteiger partial charge in [-0.15, -0.1) is 0 Å². The molecule has 7 nitrogen and oxygen atoms in total. The lowest BCUT2D eigenvalue weighted by Gasteiger charge is -2.31. The number of carbonyl (C=O) groups excluding carboxylic acids is 1. The maximum absolute atomic E-state index is 13.2. The Labute approximate surface area is 172 Å². The lowest BCUT2D eigenvalue weighted by molar-refractivity contribution is -0.121. The van der Waals surface area contributed by atoms with Crippen LogP contribution in [0.5, 0.6) is 0 Å². The number of H-pyrrole nitrogens is 1. The summed E-state index contributed by atoms with van der Waals surface area (Å²) in [5.41, 5.74) is 5.47. The van der Waals surface area contributed by atoms with Crippen LogP contribution >= 0.6 is 0 Å². The number of nitrogens with zero attached hydrogens (tertiary/aromatic N) is 3. The third kappa shape index (κ3) is 2.55. The SMILES string of the molecule is N=C1C(c2cccc3[nH]ncc23)=CC(C2CC2)=C2N=C(c3ccncc3)NC(=O)C12. The number of pyridine rings is 1. The first-order chi connectivity index (χ1) is 14.7. The number of carbonyl (C=O) groups is 1. The first-order valence-electron chi connectivity index (χ1n) is 9.97. The second-order valence-corrected chi connectivity index (χ2v) is 7.84. The highest BCUT2D eigenvalue weighted by Crippen LogP contribution is 2.46. The van der Waals surface area contributed by atoms with Gasteiger partial charge in [-0.2, -0.15) is 5.10 Å². The number of hydrogen-bond donors (Lipinski definition) is 3. The number of benzene rings is 1. The van der Waals surface area contributed by atoms with Crippen molar-refractivity contribution in [1.29, 1.82) is 5.41 Å². The summed E-state index contributed by atoms with van der Waals surface area (Å²) < 4.78 is 0. The van der Waals surface area contributed by atoms with Crippen LogP contribution in [0.15, 0.2) is 71.3 Å². The van der Waals surface area contributed by atoms with E-state index in [2.05, 4.69) is 26.6 Å². The smallest absolute Gasteiger partial charge is 0.240 e. The summed E-state index contributed by atoms with van der Waals surface area (Å²) in [6.07, 6.45) is 9.37. The molecule has 1 saturated carbocycles. The largest absolute Gasteiger partial charge is 0.309 e. The molecule has 146 valence electrons. The molecule has 6 rings (SSSR count). The highest BCUT2D eigenvalue weighted by atomic mass is 16.2. The maximum Gasteiger partial charge on any atom is 0.240 e. The summed E-state index contributed by atoms with van der Waals surface area (Å²) >= 11 is 0. The van der Waals surface area contributed by atoms with Gasteiger partial charge in [-0.3, -0.25) is 14.9 Å². The standard InChI is InChI=1S/C23H18N6O/c24-20-16(14-2-1-3-18-17(14)11-26-29-18)10-15(12-4-5-12)21-19(20)23(30)28-22(27-21)13-6-8-25-9-7-13/h1-3,6-12,19,24H,4-5H2,(H,26,29)(H,27,28,30). The molecule has 30 heavy (non-hydrogen) atoms. The van der Waals surface area contributed by atoms with E-state index in [1.165, 1.54) is 0 Å². The van der Waals surface area contributed by atoms with Gasteiger partial charge in [-0.1, -0.05) is 12.1 Å². The van der Waals surface area contributed by atoms with Crippen LogP contribution in [-0.2, 0) is 4.79 Å². The number of aromatic amines is 1. The maximum atomic E-state index is 13.2. The Morgan fingerprint density at radius 2 is 1.93 bits per heavy atom. The van der Waals surface area contributed by atoms with Gasteiger partial charge < -0.3 is 10.7 Å². The van der Waals surface area contributed by atoms with E-state index < -0.39 is 5.92 Å². The van der Waals surface area contributed by atoms with Gasteiger partial charge in [0.15, 0.2) is 0 Å². The molecule has 1 fully saturated rings. The van der Waals surface area contributed by atoms with Crippen LogP contribution < -0.4 is 5.32 Å². The first kappa shape index (κ1) is 17.0. The van der Waals surface area contributed by atoms with E-state index >= 15 is 0 Å². The lowest BCUT2D eigenvalue weighted by Crippen LogP contribution is -2.45. The number of amides is 1. The van der Waals surface area contributed by atoms with E-state index in [4.69, 9.17) is 10.4 Å². The van der Waals surface area contributed by atoms with Crippen molar-refractivity contribution in [2.45, 2.75) is 12.8 Å². The molecule has 1 aromatic carbocycles. The van der Waals surface area contributed by atoms with Crippen molar-refractivity contribution in [3.63, 3.8) is 0 Å². The molecule has 3 N–H and O–H groups in total. The molecule has 3 aromatic rings. The monoisotopic (exact) mass is 394 g/mol. The zero-order valence-corrected chi connectivity index (χ0v) is 16.0. The number of nitrogens with one attached hydrogen (secondary N) is 3. The average Bonchev–Trinajstić information content (AvgIpc) is 3.50. The van der Waals surface area contributed by atoms with Crippen LogP contribution in [0.1, 0.15) is 24.0 Å². The number of rotatable bonds is 3. The van der Waals surface area contributed by atoms with Gasteiger partial charge in [0, 0.05) is 28.9 Å².